The zero-order valence-electron chi connectivity index (χ0n) is 19.7. The van der Waals surface area contributed by atoms with Crippen LogP contribution in [-0.2, 0) is 11.3 Å². The van der Waals surface area contributed by atoms with Gasteiger partial charge in [0.05, 0.1) is 38.0 Å². The zero-order valence-corrected chi connectivity index (χ0v) is 19.7. The van der Waals surface area contributed by atoms with Gasteiger partial charge in [-0.25, -0.2) is 0 Å². The predicted octanol–water partition coefficient (Wildman–Crippen LogP) is 5.19. The van der Waals surface area contributed by atoms with Gasteiger partial charge in [-0.15, -0.1) is 0 Å². The van der Waals surface area contributed by atoms with Crippen molar-refractivity contribution < 1.29 is 14.3 Å². The molecule has 0 saturated carbocycles. The summed E-state index contributed by atoms with van der Waals surface area (Å²) in [6, 6.07) is 18.4. The minimum atomic E-state index is -0.698. The molecule has 0 bridgehead atoms. The molecule has 1 amide bonds. The first kappa shape index (κ1) is 21.2. The first-order chi connectivity index (χ1) is 15.8. The first-order valence-corrected chi connectivity index (χ1v) is 11.1. The monoisotopic (exact) mass is 443 g/mol. The van der Waals surface area contributed by atoms with Crippen LogP contribution in [0.5, 0.6) is 11.5 Å². The highest BCUT2D eigenvalue weighted by molar-refractivity contribution is 6.10. The smallest absolute Gasteiger partial charge is 0.253 e. The Labute approximate surface area is 194 Å². The second kappa shape index (κ2) is 7.73. The Morgan fingerprint density at radius 3 is 2.45 bits per heavy atom. The summed E-state index contributed by atoms with van der Waals surface area (Å²) in [7, 11) is 3.37. The summed E-state index contributed by atoms with van der Waals surface area (Å²) in [6.07, 6.45) is 0. The lowest BCUT2D eigenvalue weighted by atomic mass is 9.89. The third-order valence-corrected chi connectivity index (χ3v) is 6.51. The van der Waals surface area contributed by atoms with Crippen LogP contribution in [0.15, 0.2) is 54.6 Å². The van der Waals surface area contributed by atoms with Crippen LogP contribution in [0.1, 0.15) is 25.0 Å². The SMILES string of the molecule is COc1ccc(C)cc1-c1ccc2c3c1CN(c1ccccc1OC)CN3C(=O)C(C)(C)N2. The van der Waals surface area contributed by atoms with Crippen LogP contribution in [0.2, 0.25) is 0 Å². The molecule has 0 spiro atoms. The molecule has 0 aromatic heterocycles. The van der Waals surface area contributed by atoms with Crippen molar-refractivity contribution in [1.29, 1.82) is 0 Å². The Morgan fingerprint density at radius 1 is 0.939 bits per heavy atom. The maximum absolute atomic E-state index is 13.6. The lowest BCUT2D eigenvalue weighted by Crippen LogP contribution is -2.58. The first-order valence-electron chi connectivity index (χ1n) is 11.1. The van der Waals surface area contributed by atoms with Crippen LogP contribution >= 0.6 is 0 Å². The van der Waals surface area contributed by atoms with E-state index in [1.54, 1.807) is 14.2 Å². The summed E-state index contributed by atoms with van der Waals surface area (Å²) in [6.45, 7) is 7.03. The fourth-order valence-electron chi connectivity index (χ4n) is 4.92. The zero-order chi connectivity index (χ0) is 23.3. The Bertz CT molecular complexity index is 1250. The van der Waals surface area contributed by atoms with E-state index in [1.165, 1.54) is 0 Å². The highest BCUT2D eigenvalue weighted by Gasteiger charge is 2.43. The van der Waals surface area contributed by atoms with E-state index in [4.69, 9.17) is 9.47 Å². The van der Waals surface area contributed by atoms with Crippen molar-refractivity contribution in [1.82, 2.24) is 0 Å². The van der Waals surface area contributed by atoms with E-state index in [0.29, 0.717) is 13.2 Å². The molecule has 2 aliphatic heterocycles. The molecule has 6 heteroatoms. The van der Waals surface area contributed by atoms with E-state index in [0.717, 1.165) is 50.8 Å². The molecule has 0 fully saturated rings. The molecular formula is C27H29N3O3. The molecule has 3 aromatic rings. The van der Waals surface area contributed by atoms with Gasteiger partial charge in [0.2, 0.25) is 0 Å². The van der Waals surface area contributed by atoms with E-state index in [1.807, 2.05) is 55.1 Å². The summed E-state index contributed by atoms with van der Waals surface area (Å²) in [5.74, 6) is 1.64. The Kier molecular flexibility index (Phi) is 4.96. The fraction of sp³-hybridized carbons (Fsp3) is 0.296. The van der Waals surface area contributed by atoms with Gasteiger partial charge in [0.1, 0.15) is 17.0 Å². The summed E-state index contributed by atoms with van der Waals surface area (Å²) in [4.78, 5) is 17.7. The quantitative estimate of drug-likeness (QED) is 0.601. The van der Waals surface area contributed by atoms with Gasteiger partial charge in [0, 0.05) is 17.7 Å². The number of nitrogens with one attached hydrogen (secondary N) is 1. The molecule has 0 radical (unpaired) electrons. The predicted molar refractivity (Wildman–Crippen MR) is 132 cm³/mol. The average molecular weight is 444 g/mol. The number of hydrogen-bond donors (Lipinski definition) is 1. The van der Waals surface area contributed by atoms with E-state index in [2.05, 4.69) is 35.3 Å². The van der Waals surface area contributed by atoms with Gasteiger partial charge in [-0.2, -0.15) is 0 Å². The normalized spacial score (nSPS) is 16.2. The second-order valence-corrected chi connectivity index (χ2v) is 9.19. The third kappa shape index (κ3) is 3.37. The average Bonchev–Trinajstić information content (AvgIpc) is 2.82. The summed E-state index contributed by atoms with van der Waals surface area (Å²) in [5, 5.41) is 3.46. The van der Waals surface area contributed by atoms with Gasteiger partial charge >= 0.3 is 0 Å². The summed E-state index contributed by atoms with van der Waals surface area (Å²) in [5.41, 5.74) is 6.52. The number of para-hydroxylation sites is 2. The number of ether oxygens (including phenoxy) is 2. The van der Waals surface area contributed by atoms with Crippen molar-refractivity contribution in [3.63, 3.8) is 0 Å². The van der Waals surface area contributed by atoms with Crippen molar-refractivity contribution in [3.05, 3.63) is 65.7 Å². The molecule has 0 unspecified atom stereocenters. The van der Waals surface area contributed by atoms with Gasteiger partial charge in [-0.3, -0.25) is 9.69 Å². The minimum absolute atomic E-state index is 0.0456. The minimum Gasteiger partial charge on any atom is -0.496 e. The van der Waals surface area contributed by atoms with Crippen molar-refractivity contribution >= 4 is 23.0 Å². The van der Waals surface area contributed by atoms with Crippen LogP contribution in [0.4, 0.5) is 17.1 Å². The van der Waals surface area contributed by atoms with Crippen LogP contribution in [0.3, 0.4) is 0 Å². The molecule has 3 aromatic carbocycles. The van der Waals surface area contributed by atoms with Crippen LogP contribution in [-0.4, -0.2) is 32.3 Å². The molecule has 1 N–H and O–H groups in total. The summed E-state index contributed by atoms with van der Waals surface area (Å²) < 4.78 is 11.4. The van der Waals surface area contributed by atoms with Gasteiger partial charge in [0.15, 0.2) is 0 Å². The van der Waals surface area contributed by atoms with Gasteiger partial charge in [-0.1, -0.05) is 29.8 Å². The molecule has 5 rings (SSSR count). The van der Waals surface area contributed by atoms with Crippen molar-refractivity contribution in [2.24, 2.45) is 0 Å². The standard InChI is InChI=1S/C27H29N3O3/c1-17-10-13-23(32-4)19(14-17)18-11-12-21-25-20(18)15-29(22-8-6-7-9-24(22)33-5)16-30(25)26(31)27(2,3)28-21/h6-14,28H,15-16H2,1-5H3. The molecule has 0 aliphatic carbocycles. The number of methoxy groups -OCH3 is 2. The number of nitrogens with zero attached hydrogens (tertiary/aromatic N) is 2. The fourth-order valence-corrected chi connectivity index (χ4v) is 4.92. The van der Waals surface area contributed by atoms with E-state index in [-0.39, 0.29) is 5.91 Å². The molecule has 2 aliphatic rings. The van der Waals surface area contributed by atoms with Crippen LogP contribution in [0, 0.1) is 6.92 Å². The van der Waals surface area contributed by atoms with Crippen molar-refractivity contribution in [2.75, 3.05) is 36.0 Å². The van der Waals surface area contributed by atoms with Crippen LogP contribution < -0.4 is 24.6 Å². The Hall–Kier alpha value is -3.67. The number of carbonyl (C=O) groups excluding carboxylic acids is 1. The molecule has 0 saturated heterocycles. The lowest BCUT2D eigenvalue weighted by molar-refractivity contribution is -0.122. The van der Waals surface area contributed by atoms with E-state index < -0.39 is 5.54 Å². The maximum Gasteiger partial charge on any atom is 0.253 e. The topological polar surface area (TPSA) is 54.0 Å². The lowest BCUT2D eigenvalue weighted by Gasteiger charge is -2.47. The number of carbonyl (C=O) groups is 1. The Balaban J connectivity index is 1.74. The van der Waals surface area contributed by atoms with Gasteiger partial charge in [-0.05, 0) is 56.7 Å². The molecule has 33 heavy (non-hydrogen) atoms. The van der Waals surface area contributed by atoms with E-state index >= 15 is 0 Å². The molecule has 0 atom stereocenters. The molecule has 6 nitrogen and oxygen atoms in total. The number of amides is 1. The second-order valence-electron chi connectivity index (χ2n) is 9.19. The molecule has 170 valence electrons. The summed E-state index contributed by atoms with van der Waals surface area (Å²) >= 11 is 0. The van der Waals surface area contributed by atoms with Crippen LogP contribution in [0.25, 0.3) is 11.1 Å². The van der Waals surface area contributed by atoms with Gasteiger partial charge in [0.25, 0.3) is 5.91 Å². The molecule has 2 heterocycles. The van der Waals surface area contributed by atoms with E-state index in [9.17, 15) is 4.79 Å². The highest BCUT2D eigenvalue weighted by atomic mass is 16.5. The Morgan fingerprint density at radius 2 is 1.70 bits per heavy atom. The number of rotatable bonds is 4. The number of benzene rings is 3. The number of anilines is 3. The number of hydrogen-bond acceptors (Lipinski definition) is 5. The van der Waals surface area contributed by atoms with Crippen molar-refractivity contribution in [3.8, 4) is 22.6 Å². The molecular weight excluding hydrogens is 414 g/mol. The largest absolute Gasteiger partial charge is 0.496 e. The van der Waals surface area contributed by atoms with Gasteiger partial charge < -0.3 is 19.7 Å². The highest BCUT2D eigenvalue weighted by Crippen LogP contribution is 2.48. The number of aryl methyl sites for hydroxylation is 1. The van der Waals surface area contributed by atoms with Crippen molar-refractivity contribution in [2.45, 2.75) is 32.9 Å². The third-order valence-electron chi connectivity index (χ3n) is 6.51. The maximum atomic E-state index is 13.6.